The van der Waals surface area contributed by atoms with Gasteiger partial charge in [-0.15, -0.1) is 0 Å². The van der Waals surface area contributed by atoms with E-state index in [0.29, 0.717) is 0 Å². The van der Waals surface area contributed by atoms with Crippen LogP contribution in [-0.4, -0.2) is 18.6 Å². The Morgan fingerprint density at radius 3 is 2.44 bits per heavy atom. The summed E-state index contributed by atoms with van der Waals surface area (Å²) in [5, 5.41) is 0. The second-order valence-corrected chi connectivity index (χ2v) is 7.87. The van der Waals surface area contributed by atoms with Crippen LogP contribution in [0.4, 0.5) is 5.69 Å². The minimum atomic E-state index is 0.160. The summed E-state index contributed by atoms with van der Waals surface area (Å²) in [5.41, 5.74) is 10.9. The summed E-state index contributed by atoms with van der Waals surface area (Å²) in [4.78, 5) is 2.46. The number of para-hydroxylation sites is 2. The van der Waals surface area contributed by atoms with E-state index >= 15 is 0 Å². The molecule has 130 valence electrons. The molecule has 0 atom stereocenters. The highest BCUT2D eigenvalue weighted by molar-refractivity contribution is 6.71. The fraction of sp³-hybridized carbons (Fsp3) is 0.174. The van der Waals surface area contributed by atoms with E-state index in [1.807, 2.05) is 0 Å². The van der Waals surface area contributed by atoms with Crippen LogP contribution in [0.25, 0.3) is 22.4 Å². The predicted molar refractivity (Wildman–Crippen MR) is 112 cm³/mol. The van der Waals surface area contributed by atoms with Gasteiger partial charge in [-0.2, -0.15) is 0 Å². The zero-order valence-electron chi connectivity index (χ0n) is 15.9. The first-order valence-electron chi connectivity index (χ1n) is 9.61. The van der Waals surface area contributed by atoms with E-state index in [1.165, 1.54) is 50.3 Å². The SMILES string of the molecule is Cc1cccc(C)c1B1N(C)c2cccc3c2-c2n(c4ccccc4[n+]21)C3. The molecule has 2 aliphatic rings. The molecule has 6 rings (SSSR count). The van der Waals surface area contributed by atoms with Crippen molar-refractivity contribution in [1.82, 2.24) is 4.57 Å². The Morgan fingerprint density at radius 2 is 1.63 bits per heavy atom. The van der Waals surface area contributed by atoms with Gasteiger partial charge in [0.2, 0.25) is 0 Å². The Balaban J connectivity index is 1.79. The van der Waals surface area contributed by atoms with Crippen molar-refractivity contribution >= 4 is 29.2 Å². The Bertz CT molecular complexity index is 1230. The molecule has 0 fully saturated rings. The number of hydrogen-bond acceptors (Lipinski definition) is 1. The molecular formula is C23H21BN3+. The number of imidazole rings is 1. The van der Waals surface area contributed by atoms with Gasteiger partial charge in [0.05, 0.1) is 5.56 Å². The van der Waals surface area contributed by atoms with Crippen LogP contribution in [0.3, 0.4) is 0 Å². The van der Waals surface area contributed by atoms with Gasteiger partial charge < -0.3 is 4.81 Å². The van der Waals surface area contributed by atoms with Gasteiger partial charge in [0.25, 0.3) is 5.82 Å². The van der Waals surface area contributed by atoms with Crippen molar-refractivity contribution < 1.29 is 4.48 Å². The highest BCUT2D eigenvalue weighted by atomic mass is 15.3. The molecule has 0 radical (unpaired) electrons. The van der Waals surface area contributed by atoms with Gasteiger partial charge in [0.1, 0.15) is 6.54 Å². The summed E-state index contributed by atoms with van der Waals surface area (Å²) in [6, 6.07) is 22.2. The first-order chi connectivity index (χ1) is 13.2. The molecule has 3 heterocycles. The summed E-state index contributed by atoms with van der Waals surface area (Å²) < 4.78 is 5.06. The Hall–Kier alpha value is -3.01. The van der Waals surface area contributed by atoms with Crippen LogP contribution in [0.15, 0.2) is 60.7 Å². The summed E-state index contributed by atoms with van der Waals surface area (Å²) >= 11 is 0. The summed E-state index contributed by atoms with van der Waals surface area (Å²) in [6.45, 7) is 5.59. The van der Waals surface area contributed by atoms with Gasteiger partial charge in [-0.1, -0.05) is 42.5 Å². The normalized spacial score (nSPS) is 14.2. The van der Waals surface area contributed by atoms with Crippen molar-refractivity contribution in [3.05, 3.63) is 77.4 Å². The lowest BCUT2D eigenvalue weighted by atomic mass is 9.60. The van der Waals surface area contributed by atoms with Gasteiger partial charge in [-0.3, -0.25) is 4.48 Å². The van der Waals surface area contributed by atoms with Gasteiger partial charge in [-0.05, 0) is 50.2 Å². The summed E-state index contributed by atoms with van der Waals surface area (Å²) in [6.07, 6.45) is 0. The second-order valence-electron chi connectivity index (χ2n) is 7.87. The van der Waals surface area contributed by atoms with Crippen molar-refractivity contribution in [2.75, 3.05) is 11.9 Å². The van der Waals surface area contributed by atoms with E-state index in [1.54, 1.807) is 0 Å². The minimum Gasteiger partial charge on any atom is -0.372 e. The Morgan fingerprint density at radius 1 is 0.889 bits per heavy atom. The monoisotopic (exact) mass is 350 g/mol. The topological polar surface area (TPSA) is 12.1 Å². The molecule has 27 heavy (non-hydrogen) atoms. The lowest BCUT2D eigenvalue weighted by Crippen LogP contribution is -2.71. The third-order valence-electron chi connectivity index (χ3n) is 6.39. The third-order valence-corrected chi connectivity index (χ3v) is 6.39. The third kappa shape index (κ3) is 1.76. The number of rotatable bonds is 1. The van der Waals surface area contributed by atoms with E-state index in [4.69, 9.17) is 0 Å². The minimum absolute atomic E-state index is 0.160. The van der Waals surface area contributed by atoms with Crippen molar-refractivity contribution in [2.45, 2.75) is 20.4 Å². The average Bonchev–Trinajstić information content (AvgIpc) is 3.19. The number of nitrogens with zero attached hydrogens (tertiary/aromatic N) is 3. The van der Waals surface area contributed by atoms with Crippen LogP contribution < -0.4 is 14.8 Å². The molecule has 0 saturated carbocycles. The van der Waals surface area contributed by atoms with Gasteiger partial charge in [0.15, 0.2) is 11.0 Å². The first-order valence-corrected chi connectivity index (χ1v) is 9.61. The van der Waals surface area contributed by atoms with Gasteiger partial charge in [-0.25, -0.2) is 4.57 Å². The predicted octanol–water partition coefficient (Wildman–Crippen LogP) is 3.27. The molecule has 0 N–H and O–H groups in total. The maximum atomic E-state index is 2.56. The molecule has 1 aromatic heterocycles. The van der Waals surface area contributed by atoms with Crippen LogP contribution in [0.1, 0.15) is 16.7 Å². The molecule has 3 nitrogen and oxygen atoms in total. The van der Waals surface area contributed by atoms with E-state index < -0.39 is 0 Å². The van der Waals surface area contributed by atoms with E-state index in [9.17, 15) is 0 Å². The smallest absolute Gasteiger partial charge is 0.372 e. The number of benzene rings is 3. The highest BCUT2D eigenvalue weighted by Gasteiger charge is 2.49. The first kappa shape index (κ1) is 15.1. The number of aryl methyl sites for hydroxylation is 2. The fourth-order valence-electron chi connectivity index (χ4n) is 5.22. The lowest BCUT2D eigenvalue weighted by Gasteiger charge is -2.31. The maximum absolute atomic E-state index is 2.56. The van der Waals surface area contributed by atoms with Crippen LogP contribution in [-0.2, 0) is 6.54 Å². The quantitative estimate of drug-likeness (QED) is 0.423. The summed E-state index contributed by atoms with van der Waals surface area (Å²) in [7, 11) is 2.24. The maximum Gasteiger partial charge on any atom is 0.538 e. The molecule has 0 unspecified atom stereocenters. The highest BCUT2D eigenvalue weighted by Crippen LogP contribution is 2.42. The van der Waals surface area contributed by atoms with Gasteiger partial charge >= 0.3 is 6.98 Å². The zero-order chi connectivity index (χ0) is 18.3. The molecule has 0 spiro atoms. The standard InChI is InChI=1S/C23H21BN3/c1-15-8-6-9-16(2)22(15)24-25(3)20-13-7-10-17-14-26-18-11-4-5-12-19(18)27(24)23(26)21(17)20/h4-13H,14H2,1-3H3/q+1. The van der Waals surface area contributed by atoms with Crippen LogP contribution in [0, 0.1) is 13.8 Å². The van der Waals surface area contributed by atoms with Crippen LogP contribution >= 0.6 is 0 Å². The Labute approximate surface area is 159 Å². The molecule has 0 bridgehead atoms. The molecular weight excluding hydrogens is 329 g/mol. The van der Waals surface area contributed by atoms with Crippen molar-refractivity contribution in [1.29, 1.82) is 0 Å². The molecule has 0 aliphatic carbocycles. The molecule has 4 aromatic rings. The number of fused-ring (bicyclic) bond motifs is 3. The molecule has 0 amide bonds. The lowest BCUT2D eigenvalue weighted by molar-refractivity contribution is -0.494. The average molecular weight is 350 g/mol. The van der Waals surface area contributed by atoms with Crippen LogP contribution in [0.5, 0.6) is 0 Å². The van der Waals surface area contributed by atoms with Crippen molar-refractivity contribution in [2.24, 2.45) is 0 Å². The van der Waals surface area contributed by atoms with Crippen molar-refractivity contribution in [3.8, 4) is 11.4 Å². The summed E-state index contributed by atoms with van der Waals surface area (Å²) in [5.74, 6) is 1.35. The Kier molecular flexibility index (Phi) is 2.82. The second kappa shape index (κ2) is 5.04. The molecule has 4 heteroatoms. The molecule has 2 aliphatic heterocycles. The number of aromatic nitrogens is 2. The van der Waals surface area contributed by atoms with E-state index in [2.05, 4.69) is 95.4 Å². The largest absolute Gasteiger partial charge is 0.538 e. The molecule has 0 saturated heterocycles. The van der Waals surface area contributed by atoms with Crippen molar-refractivity contribution in [3.63, 3.8) is 0 Å². The fourth-order valence-corrected chi connectivity index (χ4v) is 5.22. The van der Waals surface area contributed by atoms with Crippen LogP contribution in [0.2, 0.25) is 0 Å². The zero-order valence-corrected chi connectivity index (χ0v) is 15.9. The van der Waals surface area contributed by atoms with E-state index in [-0.39, 0.29) is 6.98 Å². The molecule has 3 aromatic carbocycles. The van der Waals surface area contributed by atoms with E-state index in [0.717, 1.165) is 6.54 Å². The number of anilines is 1. The number of hydrogen-bond donors (Lipinski definition) is 0. The van der Waals surface area contributed by atoms with Gasteiger partial charge in [0, 0.05) is 16.7 Å².